The van der Waals surface area contributed by atoms with E-state index in [0.717, 1.165) is 31.7 Å². The zero-order valence-corrected chi connectivity index (χ0v) is 14.3. The summed E-state index contributed by atoms with van der Waals surface area (Å²) in [5.41, 5.74) is 3.84. The van der Waals surface area contributed by atoms with E-state index in [0.29, 0.717) is 6.04 Å². The Morgan fingerprint density at radius 3 is 2.82 bits per heavy atom. The molecule has 1 aromatic heterocycles. The number of nitrogens with zero attached hydrogens (tertiary/aromatic N) is 1. The topological polar surface area (TPSA) is 28.3 Å². The van der Waals surface area contributed by atoms with Crippen molar-refractivity contribution in [3.05, 3.63) is 42.1 Å². The molecule has 0 fully saturated rings. The normalized spacial score (nSPS) is 12.8. The third-order valence-electron chi connectivity index (χ3n) is 4.55. The summed E-state index contributed by atoms with van der Waals surface area (Å²) >= 11 is 0. The molecule has 1 atom stereocenters. The maximum Gasteiger partial charge on any atom is 0.119 e. The number of aromatic amines is 1. The highest BCUT2D eigenvalue weighted by Gasteiger charge is 2.14. The first-order valence-corrected chi connectivity index (χ1v) is 8.10. The minimum atomic E-state index is 0.582. The van der Waals surface area contributed by atoms with Crippen molar-refractivity contribution in [2.45, 2.75) is 39.7 Å². The Kier molecular flexibility index (Phi) is 5.67. The molecule has 120 valence electrons. The molecular weight excluding hydrogens is 272 g/mol. The highest BCUT2D eigenvalue weighted by Crippen LogP contribution is 2.27. The smallest absolute Gasteiger partial charge is 0.119 e. The summed E-state index contributed by atoms with van der Waals surface area (Å²) < 4.78 is 5.37. The van der Waals surface area contributed by atoms with E-state index in [1.54, 1.807) is 7.11 Å². The number of hydrogen-bond donors (Lipinski definition) is 1. The van der Waals surface area contributed by atoms with Crippen LogP contribution >= 0.6 is 0 Å². The van der Waals surface area contributed by atoms with Crippen LogP contribution in [0.2, 0.25) is 0 Å². The molecule has 0 aliphatic heterocycles. The molecule has 22 heavy (non-hydrogen) atoms. The molecule has 0 amide bonds. The van der Waals surface area contributed by atoms with Gasteiger partial charge < -0.3 is 9.72 Å². The number of fused-ring (bicyclic) bond motifs is 1. The maximum atomic E-state index is 5.37. The lowest BCUT2D eigenvalue weighted by Gasteiger charge is -2.27. The monoisotopic (exact) mass is 300 g/mol. The standard InChI is InChI=1S/C19H28N2O/c1-6-11-21(14(3)7-2)12-10-17-15(4)20-19-9-8-16(22-5)13-18(17)19/h6,8-9,13-14,20H,1,7,10-12H2,2-5H3. The summed E-state index contributed by atoms with van der Waals surface area (Å²) in [6.07, 6.45) is 4.20. The van der Waals surface area contributed by atoms with E-state index in [9.17, 15) is 0 Å². The van der Waals surface area contributed by atoms with E-state index >= 15 is 0 Å². The number of H-pyrrole nitrogens is 1. The molecule has 3 heteroatoms. The van der Waals surface area contributed by atoms with Crippen molar-refractivity contribution in [3.8, 4) is 5.75 Å². The Morgan fingerprint density at radius 1 is 1.41 bits per heavy atom. The van der Waals surface area contributed by atoms with Gasteiger partial charge >= 0.3 is 0 Å². The molecule has 1 unspecified atom stereocenters. The van der Waals surface area contributed by atoms with Gasteiger partial charge in [-0.15, -0.1) is 6.58 Å². The highest BCUT2D eigenvalue weighted by molar-refractivity contribution is 5.86. The lowest BCUT2D eigenvalue weighted by molar-refractivity contribution is 0.229. The average Bonchev–Trinajstić information content (AvgIpc) is 2.85. The van der Waals surface area contributed by atoms with Crippen LogP contribution in [0.3, 0.4) is 0 Å². The lowest BCUT2D eigenvalue weighted by atomic mass is 10.1. The van der Waals surface area contributed by atoms with E-state index in [-0.39, 0.29) is 0 Å². The quantitative estimate of drug-likeness (QED) is 0.736. The van der Waals surface area contributed by atoms with Gasteiger partial charge in [-0.25, -0.2) is 0 Å². The second-order valence-corrected chi connectivity index (χ2v) is 5.93. The van der Waals surface area contributed by atoms with E-state index in [2.05, 4.69) is 49.4 Å². The van der Waals surface area contributed by atoms with Crippen LogP contribution in [0.5, 0.6) is 5.75 Å². The fourth-order valence-corrected chi connectivity index (χ4v) is 2.98. The number of nitrogens with one attached hydrogen (secondary N) is 1. The summed E-state index contributed by atoms with van der Waals surface area (Å²) in [5.74, 6) is 0.914. The first-order valence-electron chi connectivity index (χ1n) is 8.10. The second-order valence-electron chi connectivity index (χ2n) is 5.93. The maximum absolute atomic E-state index is 5.37. The molecule has 0 aliphatic rings. The summed E-state index contributed by atoms with van der Waals surface area (Å²) in [6.45, 7) is 12.6. The van der Waals surface area contributed by atoms with Gasteiger partial charge in [0.1, 0.15) is 5.75 Å². The Bertz CT molecular complexity index is 630. The van der Waals surface area contributed by atoms with Gasteiger partial charge in [-0.1, -0.05) is 13.0 Å². The van der Waals surface area contributed by atoms with Crippen molar-refractivity contribution in [1.82, 2.24) is 9.88 Å². The van der Waals surface area contributed by atoms with E-state index in [4.69, 9.17) is 4.74 Å². The molecule has 0 radical (unpaired) electrons. The number of ether oxygens (including phenoxy) is 1. The Balaban J connectivity index is 2.22. The van der Waals surface area contributed by atoms with Crippen LogP contribution in [0, 0.1) is 6.92 Å². The number of aryl methyl sites for hydroxylation is 1. The highest BCUT2D eigenvalue weighted by atomic mass is 16.5. The van der Waals surface area contributed by atoms with Crippen molar-refractivity contribution in [1.29, 1.82) is 0 Å². The van der Waals surface area contributed by atoms with Crippen LogP contribution < -0.4 is 4.74 Å². The Hall–Kier alpha value is -1.74. The molecule has 1 N–H and O–H groups in total. The van der Waals surface area contributed by atoms with E-state index in [1.165, 1.54) is 22.2 Å². The van der Waals surface area contributed by atoms with Gasteiger partial charge in [-0.3, -0.25) is 4.90 Å². The van der Waals surface area contributed by atoms with E-state index < -0.39 is 0 Å². The van der Waals surface area contributed by atoms with Crippen molar-refractivity contribution in [2.24, 2.45) is 0 Å². The van der Waals surface area contributed by atoms with E-state index in [1.807, 2.05) is 12.1 Å². The number of hydrogen-bond acceptors (Lipinski definition) is 2. The average molecular weight is 300 g/mol. The minimum absolute atomic E-state index is 0.582. The SMILES string of the molecule is C=CCN(CCc1c(C)[nH]c2ccc(OC)cc12)C(C)CC. The number of benzene rings is 1. The van der Waals surface area contributed by atoms with Gasteiger partial charge in [0.15, 0.2) is 0 Å². The molecule has 0 spiro atoms. The number of aromatic nitrogens is 1. The Morgan fingerprint density at radius 2 is 2.18 bits per heavy atom. The molecule has 0 saturated heterocycles. The molecule has 3 nitrogen and oxygen atoms in total. The van der Waals surface area contributed by atoms with Gasteiger partial charge in [0.2, 0.25) is 0 Å². The van der Waals surface area contributed by atoms with Crippen LogP contribution in [0.1, 0.15) is 31.5 Å². The minimum Gasteiger partial charge on any atom is -0.497 e. The van der Waals surface area contributed by atoms with Crippen LogP contribution in [0.15, 0.2) is 30.9 Å². The van der Waals surface area contributed by atoms with Crippen molar-refractivity contribution < 1.29 is 4.74 Å². The second kappa shape index (κ2) is 7.50. The molecule has 0 aliphatic carbocycles. The number of rotatable bonds is 8. The summed E-state index contributed by atoms with van der Waals surface area (Å²) in [6, 6.07) is 6.82. The van der Waals surface area contributed by atoms with Crippen LogP contribution in [0.25, 0.3) is 10.9 Å². The molecule has 0 saturated carbocycles. The molecule has 0 bridgehead atoms. The molecule has 1 aromatic carbocycles. The van der Waals surface area contributed by atoms with Crippen LogP contribution in [-0.2, 0) is 6.42 Å². The van der Waals surface area contributed by atoms with Crippen LogP contribution in [-0.4, -0.2) is 36.1 Å². The van der Waals surface area contributed by atoms with Gasteiger partial charge in [0, 0.05) is 35.7 Å². The predicted octanol–water partition coefficient (Wildman–Crippen LogP) is 4.31. The summed E-state index contributed by atoms with van der Waals surface area (Å²) in [5, 5.41) is 1.28. The largest absolute Gasteiger partial charge is 0.497 e. The van der Waals surface area contributed by atoms with Gasteiger partial charge in [0.25, 0.3) is 0 Å². The third-order valence-corrected chi connectivity index (χ3v) is 4.55. The van der Waals surface area contributed by atoms with Gasteiger partial charge in [-0.2, -0.15) is 0 Å². The Labute approximate surface area is 134 Å². The first-order chi connectivity index (χ1) is 10.6. The van der Waals surface area contributed by atoms with Crippen molar-refractivity contribution >= 4 is 10.9 Å². The van der Waals surface area contributed by atoms with Gasteiger partial charge in [0.05, 0.1) is 7.11 Å². The zero-order valence-electron chi connectivity index (χ0n) is 14.3. The summed E-state index contributed by atoms with van der Waals surface area (Å²) in [4.78, 5) is 5.97. The molecule has 2 aromatic rings. The van der Waals surface area contributed by atoms with Crippen LogP contribution in [0.4, 0.5) is 0 Å². The molecule has 2 rings (SSSR count). The van der Waals surface area contributed by atoms with Crippen molar-refractivity contribution in [3.63, 3.8) is 0 Å². The third kappa shape index (κ3) is 3.53. The van der Waals surface area contributed by atoms with Gasteiger partial charge in [-0.05, 0) is 50.5 Å². The summed E-state index contributed by atoms with van der Waals surface area (Å²) in [7, 11) is 1.72. The fraction of sp³-hybridized carbons (Fsp3) is 0.474. The fourth-order valence-electron chi connectivity index (χ4n) is 2.98. The van der Waals surface area contributed by atoms with Crippen molar-refractivity contribution in [2.75, 3.05) is 20.2 Å². The zero-order chi connectivity index (χ0) is 16.1. The first kappa shape index (κ1) is 16.6. The number of methoxy groups -OCH3 is 1. The molecular formula is C19H28N2O. The predicted molar refractivity (Wildman–Crippen MR) is 94.8 cm³/mol. The lowest BCUT2D eigenvalue weighted by Crippen LogP contribution is -2.34. The molecule has 1 heterocycles.